The largest absolute Gasteiger partial charge is 0.309 e. The number of rotatable bonds is 6. The predicted molar refractivity (Wildman–Crippen MR) is 170 cm³/mol. The Labute approximate surface area is 240 Å². The molecule has 0 aliphatic heterocycles. The van der Waals surface area contributed by atoms with Gasteiger partial charge in [-0.3, -0.25) is 9.88 Å². The summed E-state index contributed by atoms with van der Waals surface area (Å²) >= 11 is 0. The van der Waals surface area contributed by atoms with Crippen molar-refractivity contribution >= 4 is 39.0 Å². The Morgan fingerprint density at radius 1 is 0.561 bits per heavy atom. The zero-order chi connectivity index (χ0) is 27.8. The molecule has 0 saturated carbocycles. The van der Waals surface area contributed by atoms with Crippen molar-refractivity contribution in [3.8, 4) is 5.69 Å². The van der Waals surface area contributed by atoms with Crippen LogP contribution >= 0.6 is 0 Å². The minimum absolute atomic E-state index is 0.252. The van der Waals surface area contributed by atoms with E-state index in [9.17, 15) is 0 Å². The zero-order valence-corrected chi connectivity index (χ0v) is 23.1. The average molecular weight is 531 g/mol. The van der Waals surface area contributed by atoms with Crippen molar-refractivity contribution in [1.29, 1.82) is 0 Å². The summed E-state index contributed by atoms with van der Waals surface area (Å²) in [4.78, 5) is 11.6. The third-order valence-electron chi connectivity index (χ3n) is 7.94. The lowest BCUT2D eigenvalue weighted by Gasteiger charge is -2.25. The summed E-state index contributed by atoms with van der Waals surface area (Å²) in [6.07, 6.45) is 3.72. The van der Waals surface area contributed by atoms with Gasteiger partial charge in [-0.05, 0) is 84.4 Å². The quantitative estimate of drug-likeness (QED) is 0.215. The van der Waals surface area contributed by atoms with E-state index < -0.39 is 0 Å². The average Bonchev–Trinajstić information content (AvgIpc) is 3.36. The normalized spacial score (nSPS) is 11.7. The molecule has 7 aromatic rings. The lowest BCUT2D eigenvalue weighted by atomic mass is 9.80. The van der Waals surface area contributed by atoms with Crippen molar-refractivity contribution in [1.82, 2.24) is 14.5 Å². The van der Waals surface area contributed by atoms with E-state index in [1.165, 1.54) is 21.9 Å². The van der Waals surface area contributed by atoms with Gasteiger partial charge < -0.3 is 4.57 Å². The molecule has 0 spiro atoms. The van der Waals surface area contributed by atoms with Crippen molar-refractivity contribution in [3.05, 3.63) is 157 Å². The van der Waals surface area contributed by atoms with E-state index in [1.54, 1.807) is 0 Å². The van der Waals surface area contributed by atoms with Crippen LogP contribution in [-0.2, 0) is 5.41 Å². The molecular formula is C37H30N4. The highest BCUT2D eigenvalue weighted by atomic mass is 15.2. The molecule has 3 aromatic heterocycles. The van der Waals surface area contributed by atoms with Crippen molar-refractivity contribution in [2.24, 2.45) is 0 Å². The molecule has 41 heavy (non-hydrogen) atoms. The Morgan fingerprint density at radius 2 is 1.20 bits per heavy atom. The zero-order valence-electron chi connectivity index (χ0n) is 23.1. The molecule has 4 nitrogen and oxygen atoms in total. The highest BCUT2D eigenvalue weighted by Crippen LogP contribution is 2.41. The number of fused-ring (bicyclic) bond motifs is 3. The van der Waals surface area contributed by atoms with Crippen LogP contribution in [0.4, 0.5) is 17.2 Å². The Morgan fingerprint density at radius 3 is 1.88 bits per heavy atom. The van der Waals surface area contributed by atoms with Gasteiger partial charge in [0.1, 0.15) is 5.82 Å². The molecule has 7 rings (SSSR count). The molecular weight excluding hydrogens is 500 g/mol. The van der Waals surface area contributed by atoms with Crippen molar-refractivity contribution < 1.29 is 0 Å². The minimum Gasteiger partial charge on any atom is -0.309 e. The fourth-order valence-electron chi connectivity index (χ4n) is 5.75. The molecule has 0 N–H and O–H groups in total. The maximum atomic E-state index is 4.72. The van der Waals surface area contributed by atoms with E-state index in [0.717, 1.165) is 34.1 Å². The van der Waals surface area contributed by atoms with E-state index in [0.29, 0.717) is 0 Å². The van der Waals surface area contributed by atoms with E-state index in [-0.39, 0.29) is 5.41 Å². The molecule has 0 aliphatic carbocycles. The number of pyridine rings is 2. The van der Waals surface area contributed by atoms with Crippen LogP contribution in [0.1, 0.15) is 25.1 Å². The summed E-state index contributed by atoms with van der Waals surface area (Å²) in [7, 11) is 0. The molecule has 0 aliphatic rings. The van der Waals surface area contributed by atoms with E-state index in [4.69, 9.17) is 9.97 Å². The molecule has 4 heteroatoms. The van der Waals surface area contributed by atoms with Crippen LogP contribution in [0.3, 0.4) is 0 Å². The fraction of sp³-hybridized carbons (Fsp3) is 0.0811. The van der Waals surface area contributed by atoms with Crippen molar-refractivity contribution in [2.75, 3.05) is 4.90 Å². The van der Waals surface area contributed by atoms with Gasteiger partial charge in [0.2, 0.25) is 0 Å². The van der Waals surface area contributed by atoms with Gasteiger partial charge in [0.25, 0.3) is 0 Å². The number of anilines is 3. The summed E-state index contributed by atoms with van der Waals surface area (Å²) < 4.78 is 2.36. The second-order valence-electron chi connectivity index (χ2n) is 10.8. The minimum atomic E-state index is -0.252. The van der Waals surface area contributed by atoms with Gasteiger partial charge in [-0.1, -0.05) is 68.4 Å². The topological polar surface area (TPSA) is 34.0 Å². The first-order chi connectivity index (χ1) is 20.1. The maximum absolute atomic E-state index is 4.72. The molecule has 0 saturated heterocycles. The molecule has 0 bridgehead atoms. The third kappa shape index (κ3) is 4.34. The van der Waals surface area contributed by atoms with Crippen LogP contribution in [-0.4, -0.2) is 14.5 Å². The van der Waals surface area contributed by atoms with Crippen molar-refractivity contribution in [2.45, 2.75) is 19.3 Å². The summed E-state index contributed by atoms with van der Waals surface area (Å²) in [5.41, 5.74) is 7.63. The van der Waals surface area contributed by atoms with Gasteiger partial charge in [0.05, 0.1) is 16.7 Å². The van der Waals surface area contributed by atoms with Crippen LogP contribution in [0.15, 0.2) is 146 Å². The Bertz CT molecular complexity index is 1910. The van der Waals surface area contributed by atoms with E-state index in [2.05, 4.69) is 133 Å². The summed E-state index contributed by atoms with van der Waals surface area (Å²) in [6, 6.07) is 46.8. The van der Waals surface area contributed by atoms with Crippen LogP contribution < -0.4 is 4.90 Å². The summed E-state index contributed by atoms with van der Waals surface area (Å²) in [6.45, 7) is 4.49. The molecule has 0 radical (unpaired) electrons. The van der Waals surface area contributed by atoms with Gasteiger partial charge in [0, 0.05) is 45.6 Å². The Balaban J connectivity index is 1.49. The molecule has 0 fully saturated rings. The van der Waals surface area contributed by atoms with Gasteiger partial charge in [-0.2, -0.15) is 0 Å². The number of hydrogen-bond acceptors (Lipinski definition) is 3. The number of nitrogens with zero attached hydrogens (tertiary/aromatic N) is 4. The second kappa shape index (κ2) is 10.1. The van der Waals surface area contributed by atoms with Gasteiger partial charge >= 0.3 is 0 Å². The maximum Gasteiger partial charge on any atom is 0.137 e. The lowest BCUT2D eigenvalue weighted by Crippen LogP contribution is -2.20. The molecule has 0 unspecified atom stereocenters. The summed E-state index contributed by atoms with van der Waals surface area (Å²) in [5, 5.41) is 2.40. The SMILES string of the molecule is CC(C)(c1ccc2c(c1)c1cc(N(c3ccccc3)c3ccccn3)ccc1n2-c1ccccc1)c1ccccn1. The first kappa shape index (κ1) is 24.8. The molecule has 3 heterocycles. The molecule has 0 atom stereocenters. The smallest absolute Gasteiger partial charge is 0.137 e. The summed E-state index contributed by atoms with van der Waals surface area (Å²) in [5.74, 6) is 0.877. The number of hydrogen-bond donors (Lipinski definition) is 0. The highest BCUT2D eigenvalue weighted by molar-refractivity contribution is 6.11. The second-order valence-corrected chi connectivity index (χ2v) is 10.8. The van der Waals surface area contributed by atoms with Crippen molar-refractivity contribution in [3.63, 3.8) is 0 Å². The Hall–Kier alpha value is -5.22. The highest BCUT2D eigenvalue weighted by Gasteiger charge is 2.26. The first-order valence-electron chi connectivity index (χ1n) is 13.9. The van der Waals surface area contributed by atoms with Crippen LogP contribution in [0.25, 0.3) is 27.5 Å². The number of para-hydroxylation sites is 2. The number of benzene rings is 4. The van der Waals surface area contributed by atoms with E-state index in [1.807, 2.05) is 36.7 Å². The lowest BCUT2D eigenvalue weighted by molar-refractivity contribution is 0.618. The van der Waals surface area contributed by atoms with Crippen LogP contribution in [0.2, 0.25) is 0 Å². The third-order valence-corrected chi connectivity index (χ3v) is 7.94. The van der Waals surface area contributed by atoms with Gasteiger partial charge in [0.15, 0.2) is 0 Å². The first-order valence-corrected chi connectivity index (χ1v) is 13.9. The number of aromatic nitrogens is 3. The molecule has 198 valence electrons. The standard InChI is InChI=1S/C37H30N4/c1-37(2,35-17-9-11-23-38-35)27-19-21-33-31(25-27)32-26-30(20-22-34(32)41(33)29-15-7-4-8-16-29)40(28-13-5-3-6-14-28)36-18-10-12-24-39-36/h3-26H,1-2H3. The predicted octanol–water partition coefficient (Wildman–Crippen LogP) is 9.37. The molecule has 0 amide bonds. The fourth-order valence-corrected chi connectivity index (χ4v) is 5.75. The van der Waals surface area contributed by atoms with Crippen LogP contribution in [0.5, 0.6) is 0 Å². The monoisotopic (exact) mass is 530 g/mol. The van der Waals surface area contributed by atoms with Gasteiger partial charge in [-0.25, -0.2) is 4.98 Å². The molecule has 4 aromatic carbocycles. The van der Waals surface area contributed by atoms with Crippen LogP contribution in [0, 0.1) is 0 Å². The van der Waals surface area contributed by atoms with Gasteiger partial charge in [-0.15, -0.1) is 0 Å². The van der Waals surface area contributed by atoms with E-state index >= 15 is 0 Å². The Kier molecular flexibility index (Phi) is 6.09.